The number of aromatic nitrogens is 4. The first kappa shape index (κ1) is 25.8. The topological polar surface area (TPSA) is 101 Å². The molecule has 1 aromatic carbocycles. The van der Waals surface area contributed by atoms with Crippen LogP contribution in [-0.2, 0) is 11.8 Å². The number of aliphatic carboxylic acids is 1. The number of carbonyl (C=O) groups excluding carboxylic acids is 1. The van der Waals surface area contributed by atoms with Gasteiger partial charge in [0, 0.05) is 49.7 Å². The molecular formula is C26H24F3N5O3. The van der Waals surface area contributed by atoms with E-state index in [1.165, 1.54) is 0 Å². The molecule has 1 amide bonds. The zero-order valence-corrected chi connectivity index (χ0v) is 19.9. The molecule has 1 aliphatic heterocycles. The van der Waals surface area contributed by atoms with Gasteiger partial charge in [0.05, 0.1) is 23.1 Å². The highest BCUT2D eigenvalue weighted by Gasteiger charge is 2.38. The Kier molecular flexibility index (Phi) is 7.51. The van der Waals surface area contributed by atoms with E-state index in [-0.39, 0.29) is 5.91 Å². The number of imidazole rings is 1. The van der Waals surface area contributed by atoms with Crippen molar-refractivity contribution in [3.63, 3.8) is 0 Å². The van der Waals surface area contributed by atoms with Crippen molar-refractivity contribution in [2.24, 2.45) is 7.05 Å². The largest absolute Gasteiger partial charge is 0.490 e. The first-order valence-corrected chi connectivity index (χ1v) is 11.5. The first-order chi connectivity index (χ1) is 17.6. The number of carboxylic acid groups (broad SMARTS) is 1. The van der Waals surface area contributed by atoms with E-state index in [2.05, 4.69) is 28.2 Å². The van der Waals surface area contributed by atoms with Crippen LogP contribution in [0.1, 0.15) is 34.8 Å². The van der Waals surface area contributed by atoms with Gasteiger partial charge in [0.15, 0.2) is 0 Å². The number of likely N-dealkylation sites (tertiary alicyclic amines) is 1. The summed E-state index contributed by atoms with van der Waals surface area (Å²) in [7, 11) is 2.02. The summed E-state index contributed by atoms with van der Waals surface area (Å²) in [6.45, 7) is 1.45. The molecule has 1 saturated heterocycles. The minimum Gasteiger partial charge on any atom is -0.475 e. The number of benzene rings is 1. The average molecular weight is 512 g/mol. The van der Waals surface area contributed by atoms with Crippen molar-refractivity contribution in [3.8, 4) is 11.3 Å². The molecule has 1 fully saturated rings. The van der Waals surface area contributed by atoms with Crippen LogP contribution in [0.2, 0.25) is 0 Å². The monoisotopic (exact) mass is 511 g/mol. The van der Waals surface area contributed by atoms with Crippen molar-refractivity contribution in [1.29, 1.82) is 0 Å². The van der Waals surface area contributed by atoms with E-state index in [4.69, 9.17) is 14.9 Å². The van der Waals surface area contributed by atoms with Gasteiger partial charge in [-0.15, -0.1) is 0 Å². The minimum atomic E-state index is -5.08. The van der Waals surface area contributed by atoms with Crippen LogP contribution in [0.25, 0.3) is 22.3 Å². The molecule has 192 valence electrons. The summed E-state index contributed by atoms with van der Waals surface area (Å²) in [6, 6.07) is 16.0. The highest BCUT2D eigenvalue weighted by atomic mass is 19.4. The number of alkyl halides is 3. The third-order valence-corrected chi connectivity index (χ3v) is 6.13. The molecule has 4 aromatic rings. The van der Waals surface area contributed by atoms with Gasteiger partial charge in [0.2, 0.25) is 0 Å². The maximum atomic E-state index is 12.7. The van der Waals surface area contributed by atoms with Gasteiger partial charge in [0.1, 0.15) is 5.52 Å². The lowest BCUT2D eigenvalue weighted by Gasteiger charge is -2.32. The Hall–Kier alpha value is -4.28. The molecule has 0 atom stereocenters. The van der Waals surface area contributed by atoms with Crippen LogP contribution >= 0.6 is 0 Å². The molecule has 0 saturated carbocycles. The van der Waals surface area contributed by atoms with Crippen molar-refractivity contribution in [3.05, 3.63) is 78.5 Å². The fourth-order valence-corrected chi connectivity index (χ4v) is 4.20. The Balaban J connectivity index is 0.000000405. The Morgan fingerprint density at radius 1 is 1.05 bits per heavy atom. The normalized spacial score (nSPS) is 14.2. The van der Waals surface area contributed by atoms with E-state index < -0.39 is 12.1 Å². The summed E-state index contributed by atoms with van der Waals surface area (Å²) in [6.07, 6.45) is 1.89. The molecule has 37 heavy (non-hydrogen) atoms. The van der Waals surface area contributed by atoms with E-state index in [0.717, 1.165) is 53.9 Å². The number of carbonyl (C=O) groups is 2. The molecule has 1 N–H and O–H groups in total. The number of pyridine rings is 2. The molecule has 4 heterocycles. The van der Waals surface area contributed by atoms with Crippen LogP contribution in [0.3, 0.4) is 0 Å². The third-order valence-electron chi connectivity index (χ3n) is 6.13. The van der Waals surface area contributed by atoms with Crippen molar-refractivity contribution >= 4 is 22.9 Å². The maximum absolute atomic E-state index is 12.7. The molecule has 0 aliphatic carbocycles. The zero-order chi connectivity index (χ0) is 26.6. The van der Waals surface area contributed by atoms with Gasteiger partial charge >= 0.3 is 12.1 Å². The zero-order valence-electron chi connectivity index (χ0n) is 19.9. The van der Waals surface area contributed by atoms with Gasteiger partial charge in [-0.25, -0.2) is 9.78 Å². The minimum absolute atomic E-state index is 0.0570. The van der Waals surface area contributed by atoms with Gasteiger partial charge in [-0.1, -0.05) is 30.3 Å². The third kappa shape index (κ3) is 5.93. The number of amides is 1. The number of nitrogens with zero attached hydrogens (tertiary/aromatic N) is 5. The number of piperidine rings is 1. The van der Waals surface area contributed by atoms with Crippen LogP contribution in [0.5, 0.6) is 0 Å². The second kappa shape index (κ2) is 10.8. The molecule has 5 rings (SSSR count). The predicted octanol–water partition coefficient (Wildman–Crippen LogP) is 4.68. The predicted molar refractivity (Wildman–Crippen MR) is 130 cm³/mol. The molecule has 1 aliphatic rings. The number of rotatable bonds is 3. The molecule has 0 unspecified atom stereocenters. The molecule has 11 heteroatoms. The van der Waals surface area contributed by atoms with E-state index >= 15 is 0 Å². The highest BCUT2D eigenvalue weighted by molar-refractivity contribution is 5.94. The van der Waals surface area contributed by atoms with Crippen molar-refractivity contribution < 1.29 is 27.9 Å². The van der Waals surface area contributed by atoms with Crippen LogP contribution in [-0.4, -0.2) is 60.7 Å². The molecule has 8 nitrogen and oxygen atoms in total. The highest BCUT2D eigenvalue weighted by Crippen LogP contribution is 2.33. The quantitative estimate of drug-likeness (QED) is 0.429. The van der Waals surface area contributed by atoms with Gasteiger partial charge in [0.25, 0.3) is 5.91 Å². The smallest absolute Gasteiger partial charge is 0.475 e. The second-order valence-electron chi connectivity index (χ2n) is 8.60. The molecule has 0 radical (unpaired) electrons. The summed E-state index contributed by atoms with van der Waals surface area (Å²) >= 11 is 0. The van der Waals surface area contributed by atoms with Crippen molar-refractivity contribution in [2.75, 3.05) is 13.1 Å². The average Bonchev–Trinajstić information content (AvgIpc) is 3.29. The molecule has 0 spiro atoms. The first-order valence-electron chi connectivity index (χ1n) is 11.5. The van der Waals surface area contributed by atoms with Gasteiger partial charge < -0.3 is 14.6 Å². The fraction of sp³-hybridized carbons (Fsp3) is 0.269. The number of carboxylic acids is 1. The summed E-state index contributed by atoms with van der Waals surface area (Å²) in [4.78, 5) is 37.3. The summed E-state index contributed by atoms with van der Waals surface area (Å²) in [5.74, 6) is -2.38. The Bertz CT molecular complexity index is 1380. The number of aryl methyl sites for hydroxylation is 1. The second-order valence-corrected chi connectivity index (χ2v) is 8.60. The van der Waals surface area contributed by atoms with Crippen LogP contribution in [0.4, 0.5) is 13.2 Å². The molecule has 0 bridgehead atoms. The number of hydrogen-bond acceptors (Lipinski definition) is 5. The summed E-state index contributed by atoms with van der Waals surface area (Å²) < 4.78 is 33.8. The number of fused-ring (bicyclic) bond motifs is 1. The molecular weight excluding hydrogens is 487 g/mol. The van der Waals surface area contributed by atoms with Crippen molar-refractivity contribution in [2.45, 2.75) is 24.9 Å². The van der Waals surface area contributed by atoms with Crippen LogP contribution in [0.15, 0.2) is 67.3 Å². The van der Waals surface area contributed by atoms with E-state index in [0.29, 0.717) is 11.5 Å². The fourth-order valence-electron chi connectivity index (χ4n) is 4.20. The van der Waals surface area contributed by atoms with E-state index in [9.17, 15) is 18.0 Å². The lowest BCUT2D eigenvalue weighted by Crippen LogP contribution is -2.38. The maximum Gasteiger partial charge on any atom is 0.490 e. The lowest BCUT2D eigenvalue weighted by molar-refractivity contribution is -0.192. The molecule has 3 aromatic heterocycles. The summed E-state index contributed by atoms with van der Waals surface area (Å²) in [5.41, 5.74) is 5.75. The summed E-state index contributed by atoms with van der Waals surface area (Å²) in [5, 5.41) is 7.12. The Morgan fingerprint density at radius 2 is 1.73 bits per heavy atom. The SMILES string of the molecule is Cn1cnc2c(-c3ccccc3)nc(C3CCN(C(=O)c4cccnc4)CC3)cc21.O=C(O)C(F)(F)F. The van der Waals surface area contributed by atoms with Crippen LogP contribution in [0, 0.1) is 0 Å². The van der Waals surface area contributed by atoms with Crippen LogP contribution < -0.4 is 0 Å². The number of halogens is 3. The Morgan fingerprint density at radius 3 is 2.32 bits per heavy atom. The lowest BCUT2D eigenvalue weighted by atomic mass is 9.92. The van der Waals surface area contributed by atoms with E-state index in [1.807, 2.05) is 47.1 Å². The standard InChI is InChI=1S/C24H23N5O.C2HF3O2/c1-28-16-26-23-21(28)14-20(27-22(23)18-6-3-2-4-7-18)17-9-12-29(13-10-17)24(30)19-8-5-11-25-15-19;3-2(4,5)1(6)7/h2-8,11,14-17H,9-10,12-13H2,1H3;(H,6,7). The van der Waals surface area contributed by atoms with E-state index in [1.54, 1.807) is 18.5 Å². The van der Waals surface area contributed by atoms with Gasteiger partial charge in [-0.2, -0.15) is 13.2 Å². The van der Waals surface area contributed by atoms with Crippen molar-refractivity contribution in [1.82, 2.24) is 24.4 Å². The van der Waals surface area contributed by atoms with Gasteiger partial charge in [-0.05, 0) is 31.0 Å². The van der Waals surface area contributed by atoms with Gasteiger partial charge in [-0.3, -0.25) is 14.8 Å². The Labute approximate surface area is 210 Å². The number of hydrogen-bond donors (Lipinski definition) is 1.